The zero-order chi connectivity index (χ0) is 49.8. The first-order chi connectivity index (χ1) is 32.2. The van der Waals surface area contributed by atoms with Crippen molar-refractivity contribution in [3.8, 4) is 17.2 Å². The molecule has 366 valence electrons. The number of urea groups is 1. The number of rotatable bonds is 17. The lowest BCUT2D eigenvalue weighted by Crippen LogP contribution is -2.56. The number of nitrogens with two attached hydrogens (primary N) is 2. The van der Waals surface area contributed by atoms with Crippen molar-refractivity contribution in [1.82, 2.24) is 16.0 Å². The molecular formula is C46H56N6O16. The molecule has 22 heteroatoms. The first kappa shape index (κ1) is 50.7. The van der Waals surface area contributed by atoms with E-state index in [9.17, 15) is 59.1 Å². The summed E-state index contributed by atoms with van der Waals surface area (Å²) in [4.78, 5) is 91.0. The van der Waals surface area contributed by atoms with Crippen LogP contribution in [0.5, 0.6) is 17.2 Å². The van der Waals surface area contributed by atoms with E-state index in [2.05, 4.69) is 21.3 Å². The van der Waals surface area contributed by atoms with E-state index in [1.54, 1.807) is 38.1 Å². The third kappa shape index (κ3) is 10.7. The molecule has 0 radical (unpaired) electrons. The van der Waals surface area contributed by atoms with Gasteiger partial charge in [-0.2, -0.15) is 0 Å². The van der Waals surface area contributed by atoms with E-state index in [-0.39, 0.29) is 59.9 Å². The number of hydrogen-bond acceptors (Lipinski definition) is 17. The summed E-state index contributed by atoms with van der Waals surface area (Å²) in [7, 11) is 1.29. The molecule has 13 N–H and O–H groups in total. The van der Waals surface area contributed by atoms with Crippen molar-refractivity contribution in [3.05, 3.63) is 81.4 Å². The number of fused-ring (bicyclic) bond motifs is 3. The summed E-state index contributed by atoms with van der Waals surface area (Å²) in [5, 5.41) is 66.3. The molecule has 0 aromatic heterocycles. The first-order valence-corrected chi connectivity index (χ1v) is 21.8. The molecule has 1 saturated heterocycles. The molecule has 3 aliphatic rings. The lowest BCUT2D eigenvalue weighted by atomic mass is 9.72. The van der Waals surface area contributed by atoms with Gasteiger partial charge in [0.15, 0.2) is 17.9 Å². The molecule has 2 aliphatic carbocycles. The number of amides is 5. The number of hydrogen-bond donors (Lipinski definition) is 11. The molecule has 0 bridgehead atoms. The van der Waals surface area contributed by atoms with Crippen molar-refractivity contribution in [3.63, 3.8) is 0 Å². The summed E-state index contributed by atoms with van der Waals surface area (Å²) >= 11 is 0. The highest BCUT2D eigenvalue weighted by molar-refractivity contribution is 6.31. The second-order valence-electron chi connectivity index (χ2n) is 17.3. The van der Waals surface area contributed by atoms with Crippen LogP contribution in [0.4, 0.5) is 15.3 Å². The largest absolute Gasteiger partial charge is 0.507 e. The van der Waals surface area contributed by atoms with Gasteiger partial charge in [-0.1, -0.05) is 38.1 Å². The normalized spacial score (nSPS) is 22.7. The van der Waals surface area contributed by atoms with Crippen LogP contribution in [0.2, 0.25) is 0 Å². The number of nitrogens with one attached hydrogen (secondary N) is 4. The average Bonchev–Trinajstić information content (AvgIpc) is 3.30. The maximum atomic E-state index is 14.0. The van der Waals surface area contributed by atoms with Crippen molar-refractivity contribution in [2.45, 2.75) is 108 Å². The number of phenols is 2. The van der Waals surface area contributed by atoms with Crippen LogP contribution in [0.1, 0.15) is 101 Å². The molecule has 1 heterocycles. The second-order valence-corrected chi connectivity index (χ2v) is 17.3. The molecule has 3 aromatic carbocycles. The predicted octanol–water partition coefficient (Wildman–Crippen LogP) is 0.824. The van der Waals surface area contributed by atoms with E-state index in [1.807, 2.05) is 0 Å². The van der Waals surface area contributed by atoms with Gasteiger partial charge < -0.3 is 77.2 Å². The van der Waals surface area contributed by atoms with Crippen LogP contribution < -0.4 is 37.5 Å². The number of aliphatic hydroxyl groups is 3. The summed E-state index contributed by atoms with van der Waals surface area (Å²) in [6.07, 6.45) is -7.24. The Bertz CT molecular complexity index is 2460. The molecule has 8 atom stereocenters. The number of carbonyl (C=O) groups excluding carboxylic acids is 7. The molecule has 68 heavy (non-hydrogen) atoms. The van der Waals surface area contributed by atoms with Gasteiger partial charge in [-0.15, -0.1) is 0 Å². The second kappa shape index (κ2) is 21.1. The number of primary amides is 1. The monoisotopic (exact) mass is 948 g/mol. The average molecular weight is 949 g/mol. The van der Waals surface area contributed by atoms with Crippen molar-refractivity contribution in [2.24, 2.45) is 17.4 Å². The van der Waals surface area contributed by atoms with Gasteiger partial charge >= 0.3 is 12.1 Å². The number of ketones is 3. The number of phenolic OH excluding ortho intramolecular Hbond substituents is 2. The number of carbonyl (C=O) groups is 7. The van der Waals surface area contributed by atoms with Crippen LogP contribution in [-0.2, 0) is 41.6 Å². The SMILES string of the molecule is COc1cccc2c1C(=O)c1c(O)c3c(c(O)c1C2=O)C[C@@](O)(C(=O)CO)C[C@@H]3O[C@H]1C[C@H](NC(=O)OCc2ccc(NC(=O)[C@H](CCCNC(N)=O)NC(=O)[C@@H](N)C(C)C)cc2)[C@H](O)[C@H](C)O1. The molecular weight excluding hydrogens is 893 g/mol. The number of methoxy groups -OCH3 is 1. The van der Waals surface area contributed by atoms with Gasteiger partial charge in [0.2, 0.25) is 17.6 Å². The number of Topliss-reactive ketones (excluding diaryl/α,β-unsaturated/α-hetero) is 1. The van der Waals surface area contributed by atoms with Gasteiger partial charge in [0.25, 0.3) is 0 Å². The molecule has 1 aliphatic heterocycles. The minimum Gasteiger partial charge on any atom is -0.507 e. The molecule has 0 unspecified atom stereocenters. The van der Waals surface area contributed by atoms with Crippen LogP contribution in [0.15, 0.2) is 42.5 Å². The predicted molar refractivity (Wildman–Crippen MR) is 238 cm³/mol. The highest BCUT2D eigenvalue weighted by Crippen LogP contribution is 2.52. The number of benzene rings is 3. The lowest BCUT2D eigenvalue weighted by molar-refractivity contribution is -0.249. The van der Waals surface area contributed by atoms with Crippen LogP contribution in [0.25, 0.3) is 0 Å². The number of anilines is 1. The van der Waals surface area contributed by atoms with Crippen molar-refractivity contribution < 1.29 is 78.0 Å². The van der Waals surface area contributed by atoms with Gasteiger partial charge in [0.05, 0.1) is 48.1 Å². The molecule has 0 saturated carbocycles. The van der Waals surface area contributed by atoms with Crippen LogP contribution in [-0.4, -0.2) is 129 Å². The van der Waals surface area contributed by atoms with E-state index in [0.29, 0.717) is 17.7 Å². The summed E-state index contributed by atoms with van der Waals surface area (Å²) < 4.78 is 22.9. The number of aromatic hydroxyl groups is 2. The third-order valence-electron chi connectivity index (χ3n) is 12.3. The summed E-state index contributed by atoms with van der Waals surface area (Å²) in [5.74, 6) is -5.55. The Morgan fingerprint density at radius 3 is 2.31 bits per heavy atom. The van der Waals surface area contributed by atoms with Crippen molar-refractivity contribution >= 4 is 47.0 Å². The third-order valence-corrected chi connectivity index (χ3v) is 12.3. The minimum absolute atomic E-state index is 0.0323. The zero-order valence-electron chi connectivity index (χ0n) is 37.7. The van der Waals surface area contributed by atoms with Gasteiger partial charge in [0, 0.05) is 48.2 Å². The topological polar surface area (TPSA) is 358 Å². The Morgan fingerprint density at radius 2 is 1.66 bits per heavy atom. The fourth-order valence-corrected chi connectivity index (χ4v) is 8.47. The Kier molecular flexibility index (Phi) is 15.7. The molecule has 6 rings (SSSR count). The molecule has 1 fully saturated rings. The molecule has 22 nitrogen and oxygen atoms in total. The highest BCUT2D eigenvalue weighted by atomic mass is 16.7. The van der Waals surface area contributed by atoms with E-state index < -0.39 is 132 Å². The molecule has 0 spiro atoms. The lowest BCUT2D eigenvalue weighted by Gasteiger charge is -2.42. The Morgan fingerprint density at radius 1 is 0.971 bits per heavy atom. The number of aliphatic hydroxyl groups excluding tert-OH is 2. The van der Waals surface area contributed by atoms with Crippen LogP contribution in [0.3, 0.4) is 0 Å². The number of alkyl carbamates (subject to hydrolysis) is 1. The van der Waals surface area contributed by atoms with Crippen LogP contribution in [0, 0.1) is 5.92 Å². The van der Waals surface area contributed by atoms with E-state index >= 15 is 0 Å². The summed E-state index contributed by atoms with van der Waals surface area (Å²) in [6, 6.07) is 6.82. The Labute approximate surface area is 389 Å². The van der Waals surface area contributed by atoms with Gasteiger partial charge in [-0.25, -0.2) is 9.59 Å². The van der Waals surface area contributed by atoms with Crippen LogP contribution >= 0.6 is 0 Å². The van der Waals surface area contributed by atoms with Gasteiger partial charge in [-0.3, -0.25) is 24.0 Å². The minimum atomic E-state index is -2.40. The first-order valence-electron chi connectivity index (χ1n) is 21.8. The van der Waals surface area contributed by atoms with E-state index in [4.69, 9.17) is 30.4 Å². The van der Waals surface area contributed by atoms with Gasteiger partial charge in [0.1, 0.15) is 48.2 Å². The molecule has 5 amide bonds. The standard InChI is InChI=1S/C46H56N6O16/c1-20(2)36(47)43(61)51-26(8-6-14-49-44(48)62)42(60)50-23-12-10-22(11-13-23)19-66-45(63)52-27-15-31(67-21(3)37(27)55)68-29-17-46(64,30(54)18-53)16-25-33(29)41(59)35-34(39(25)57)38(56)24-7-5-9-28(65-4)32(24)40(35)58/h5,7,9-13,20-21,26-27,29,31,36-37,53,55,57,59,64H,6,8,14-19,47H2,1-4H3,(H,50,60)(H,51,61)(H,52,63)(H3,48,49,62)/t21-,26-,27-,29-,31-,36-,37+,46-/m0/s1. The summed E-state index contributed by atoms with van der Waals surface area (Å²) in [5.41, 5.74) is 7.62. The van der Waals surface area contributed by atoms with E-state index in [1.165, 1.54) is 32.2 Å². The Hall–Kier alpha value is -6.69. The maximum Gasteiger partial charge on any atom is 0.407 e. The van der Waals surface area contributed by atoms with Crippen molar-refractivity contribution in [2.75, 3.05) is 25.6 Å². The number of ether oxygens (including phenoxy) is 4. The zero-order valence-corrected chi connectivity index (χ0v) is 37.7. The van der Waals surface area contributed by atoms with E-state index in [0.717, 1.165) is 0 Å². The Balaban J connectivity index is 1.13. The maximum absolute atomic E-state index is 14.0. The highest BCUT2D eigenvalue weighted by Gasteiger charge is 2.50. The fourth-order valence-electron chi connectivity index (χ4n) is 8.47. The summed E-state index contributed by atoms with van der Waals surface area (Å²) in [6.45, 7) is 3.81. The quantitative estimate of drug-likeness (QED) is 0.0516. The fraction of sp³-hybridized carbons (Fsp3) is 0.457. The van der Waals surface area contributed by atoms with Crippen molar-refractivity contribution in [1.29, 1.82) is 0 Å². The van der Waals surface area contributed by atoms with Gasteiger partial charge in [-0.05, 0) is 49.4 Å². The molecule has 3 aromatic rings. The smallest absolute Gasteiger partial charge is 0.407 e.